The van der Waals surface area contributed by atoms with Gasteiger partial charge in [0, 0.05) is 16.6 Å². The molecule has 0 saturated heterocycles. The second-order valence-electron chi connectivity index (χ2n) is 3.90. The number of hydrogen-bond donors (Lipinski definition) is 1. The first-order valence-electron chi connectivity index (χ1n) is 5.69. The van der Waals surface area contributed by atoms with Crippen LogP contribution in [0.25, 0.3) is 11.3 Å². The lowest BCUT2D eigenvalue weighted by Crippen LogP contribution is -2.02. The molecule has 2 nitrogen and oxygen atoms in total. The molecule has 0 aliphatic carbocycles. The summed E-state index contributed by atoms with van der Waals surface area (Å²) in [5.74, 6) is -0.132. The summed E-state index contributed by atoms with van der Waals surface area (Å²) in [6.45, 7) is 2.54. The lowest BCUT2D eigenvalue weighted by molar-refractivity contribution is 0.630. The summed E-state index contributed by atoms with van der Waals surface area (Å²) < 4.78 is 14.7. The van der Waals surface area contributed by atoms with Crippen molar-refractivity contribution < 1.29 is 4.39 Å². The van der Waals surface area contributed by atoms with Crippen molar-refractivity contribution in [2.75, 3.05) is 11.9 Å². The summed E-state index contributed by atoms with van der Waals surface area (Å²) in [5.41, 5.74) is 0.512. The first-order chi connectivity index (χ1) is 9.45. The van der Waals surface area contributed by atoms with Gasteiger partial charge in [0.05, 0.1) is 20.8 Å². The van der Waals surface area contributed by atoms with Crippen LogP contribution in [0.4, 0.5) is 10.2 Å². The molecule has 0 saturated carbocycles. The van der Waals surface area contributed by atoms with E-state index in [4.69, 9.17) is 34.8 Å². The van der Waals surface area contributed by atoms with Crippen molar-refractivity contribution in [1.82, 2.24) is 4.98 Å². The van der Waals surface area contributed by atoms with E-state index in [0.29, 0.717) is 27.6 Å². The van der Waals surface area contributed by atoms with Crippen LogP contribution in [-0.4, -0.2) is 11.5 Å². The van der Waals surface area contributed by atoms with Crippen molar-refractivity contribution in [1.29, 1.82) is 0 Å². The van der Waals surface area contributed by atoms with Crippen molar-refractivity contribution in [3.8, 4) is 11.3 Å². The van der Waals surface area contributed by atoms with Gasteiger partial charge >= 0.3 is 0 Å². The normalized spacial score (nSPS) is 10.7. The average Bonchev–Trinajstić information content (AvgIpc) is 2.40. The van der Waals surface area contributed by atoms with Crippen LogP contribution in [0, 0.1) is 5.82 Å². The van der Waals surface area contributed by atoms with E-state index in [0.717, 1.165) is 0 Å². The molecule has 7 heteroatoms. The highest BCUT2D eigenvalue weighted by atomic mass is 79.9. The number of rotatable bonds is 3. The van der Waals surface area contributed by atoms with E-state index in [-0.39, 0.29) is 15.6 Å². The van der Waals surface area contributed by atoms with Gasteiger partial charge in [0.1, 0.15) is 5.82 Å². The summed E-state index contributed by atoms with van der Waals surface area (Å²) in [4.78, 5) is 4.27. The largest absolute Gasteiger partial charge is 0.369 e. The van der Waals surface area contributed by atoms with Gasteiger partial charge in [0.25, 0.3) is 0 Å². The Balaban J connectivity index is 2.63. The van der Waals surface area contributed by atoms with E-state index in [1.165, 1.54) is 6.07 Å². The number of halogens is 5. The van der Waals surface area contributed by atoms with Crippen molar-refractivity contribution in [3.63, 3.8) is 0 Å². The number of pyridine rings is 1. The lowest BCUT2D eigenvalue weighted by Gasteiger charge is -2.11. The molecule has 0 bridgehead atoms. The number of nitrogens with one attached hydrogen (secondary N) is 1. The second-order valence-corrected chi connectivity index (χ2v) is 5.95. The Kier molecular flexibility index (Phi) is 5.13. The zero-order valence-corrected chi connectivity index (χ0v) is 14.1. The predicted molar refractivity (Wildman–Crippen MR) is 86.5 cm³/mol. The maximum absolute atomic E-state index is 14.2. The van der Waals surface area contributed by atoms with Gasteiger partial charge in [-0.25, -0.2) is 9.37 Å². The minimum Gasteiger partial charge on any atom is -0.369 e. The Morgan fingerprint density at radius 1 is 1.25 bits per heavy atom. The van der Waals surface area contributed by atoms with Crippen LogP contribution in [0.5, 0.6) is 0 Å². The van der Waals surface area contributed by atoms with Gasteiger partial charge in [-0.15, -0.1) is 0 Å². The van der Waals surface area contributed by atoms with Crippen LogP contribution in [0.2, 0.25) is 15.1 Å². The predicted octanol–water partition coefficient (Wildman–Crippen LogP) is 6.04. The van der Waals surface area contributed by atoms with E-state index >= 15 is 0 Å². The summed E-state index contributed by atoms with van der Waals surface area (Å²) in [7, 11) is 0. The van der Waals surface area contributed by atoms with Gasteiger partial charge in [0.2, 0.25) is 0 Å². The molecular weight excluding hydrogens is 389 g/mol. The molecular formula is C13H9BrCl3FN2. The molecule has 0 fully saturated rings. The molecule has 0 radical (unpaired) electrons. The number of nitrogens with zero attached hydrogens (tertiary/aromatic N) is 1. The fourth-order valence-corrected chi connectivity index (χ4v) is 2.65. The Labute approximate surface area is 139 Å². The number of hydrogen-bond acceptors (Lipinski definition) is 2. The molecule has 1 N–H and O–H groups in total. The van der Waals surface area contributed by atoms with Crippen LogP contribution in [0.15, 0.2) is 22.7 Å². The Morgan fingerprint density at radius 2 is 1.95 bits per heavy atom. The third-order valence-electron chi connectivity index (χ3n) is 2.56. The van der Waals surface area contributed by atoms with Gasteiger partial charge in [-0.1, -0.05) is 34.8 Å². The van der Waals surface area contributed by atoms with Crippen molar-refractivity contribution in [2.45, 2.75) is 6.92 Å². The third-order valence-corrected chi connectivity index (χ3v) is 4.40. The molecule has 20 heavy (non-hydrogen) atoms. The summed E-state index contributed by atoms with van der Waals surface area (Å²) in [6, 6.07) is 4.72. The van der Waals surface area contributed by atoms with Crippen molar-refractivity contribution in [3.05, 3.63) is 43.6 Å². The molecule has 0 amide bonds. The first-order valence-corrected chi connectivity index (χ1v) is 7.62. The Morgan fingerprint density at radius 3 is 2.60 bits per heavy atom. The van der Waals surface area contributed by atoms with Crippen LogP contribution in [0.3, 0.4) is 0 Å². The van der Waals surface area contributed by atoms with Crippen LogP contribution in [-0.2, 0) is 0 Å². The van der Waals surface area contributed by atoms with Crippen LogP contribution >= 0.6 is 50.7 Å². The van der Waals surface area contributed by atoms with Gasteiger partial charge in [-0.05, 0) is 41.1 Å². The molecule has 1 aromatic carbocycles. The summed E-state index contributed by atoms with van der Waals surface area (Å²) >= 11 is 21.2. The molecule has 1 heterocycles. The third kappa shape index (κ3) is 3.03. The molecule has 106 valence electrons. The Hall–Kier alpha value is -0.550. The lowest BCUT2D eigenvalue weighted by atomic mass is 10.1. The van der Waals surface area contributed by atoms with Crippen molar-refractivity contribution >= 4 is 56.6 Å². The minimum atomic E-state index is -0.583. The molecule has 0 aliphatic rings. The number of benzene rings is 1. The molecule has 0 atom stereocenters. The number of aromatic nitrogens is 1. The molecule has 1 aromatic heterocycles. The van der Waals surface area contributed by atoms with Crippen LogP contribution < -0.4 is 5.32 Å². The fourth-order valence-electron chi connectivity index (χ4n) is 1.66. The first kappa shape index (κ1) is 15.8. The monoisotopic (exact) mass is 396 g/mol. The topological polar surface area (TPSA) is 24.9 Å². The van der Waals surface area contributed by atoms with Gasteiger partial charge in [-0.3, -0.25) is 0 Å². The number of anilines is 1. The van der Waals surface area contributed by atoms with Gasteiger partial charge in [0.15, 0.2) is 5.82 Å². The average molecular weight is 398 g/mol. The van der Waals surface area contributed by atoms with E-state index in [1.54, 1.807) is 12.1 Å². The van der Waals surface area contributed by atoms with Crippen molar-refractivity contribution in [2.24, 2.45) is 0 Å². The maximum Gasteiger partial charge on any atom is 0.152 e. The smallest absolute Gasteiger partial charge is 0.152 e. The fraction of sp³-hybridized carbons (Fsp3) is 0.154. The standard InChI is InChI=1S/C13H9BrCl3FN2/c1-2-19-13-9(16)5-8(15)12(20-13)6-3-4-7(14)10(17)11(6)18/h3-5H,2H2,1H3,(H,19,20). The molecule has 2 aromatic rings. The quantitative estimate of drug-likeness (QED) is 0.638. The SMILES string of the molecule is CCNc1nc(-c2ccc(Br)c(Cl)c2F)c(Cl)cc1Cl. The molecule has 0 spiro atoms. The van der Waals surface area contributed by atoms with E-state index in [2.05, 4.69) is 26.2 Å². The summed E-state index contributed by atoms with van der Waals surface area (Å²) in [6.07, 6.45) is 0. The van der Waals surface area contributed by atoms with E-state index in [9.17, 15) is 4.39 Å². The molecule has 0 aliphatic heterocycles. The maximum atomic E-state index is 14.2. The molecule has 2 rings (SSSR count). The Bertz CT molecular complexity index is 665. The minimum absolute atomic E-state index is 0.0136. The highest BCUT2D eigenvalue weighted by Crippen LogP contribution is 2.37. The zero-order valence-electron chi connectivity index (χ0n) is 10.3. The highest BCUT2D eigenvalue weighted by Gasteiger charge is 2.17. The summed E-state index contributed by atoms with van der Waals surface area (Å²) in [5, 5.41) is 3.62. The van der Waals surface area contributed by atoms with E-state index < -0.39 is 5.82 Å². The second kappa shape index (κ2) is 6.48. The van der Waals surface area contributed by atoms with Gasteiger partial charge in [-0.2, -0.15) is 0 Å². The van der Waals surface area contributed by atoms with Gasteiger partial charge < -0.3 is 5.32 Å². The van der Waals surface area contributed by atoms with Crippen LogP contribution in [0.1, 0.15) is 6.92 Å². The zero-order chi connectivity index (χ0) is 14.9. The molecule has 0 unspecified atom stereocenters. The van der Waals surface area contributed by atoms with E-state index in [1.807, 2.05) is 6.92 Å². The highest BCUT2D eigenvalue weighted by molar-refractivity contribution is 9.10.